The second kappa shape index (κ2) is 7.92. The van der Waals surface area contributed by atoms with E-state index in [9.17, 15) is 13.9 Å². The average Bonchev–Trinajstić information content (AvgIpc) is 3.24. The first-order valence-corrected chi connectivity index (χ1v) is 12.4. The summed E-state index contributed by atoms with van der Waals surface area (Å²) in [6.07, 6.45) is 6.80. The van der Waals surface area contributed by atoms with Gasteiger partial charge in [0.15, 0.2) is 0 Å². The summed E-state index contributed by atoms with van der Waals surface area (Å²) in [6, 6.07) is 9.20. The van der Waals surface area contributed by atoms with Crippen LogP contribution in [-0.4, -0.2) is 30.3 Å². The number of benzene rings is 1. The maximum atomic E-state index is 14.5. The molecule has 1 N–H and O–H groups in total. The molecule has 8 heteroatoms. The quantitative estimate of drug-likeness (QED) is 0.388. The normalized spacial score (nSPS) is 21.8. The summed E-state index contributed by atoms with van der Waals surface area (Å²) in [5, 5.41) is 19.4. The van der Waals surface area contributed by atoms with Gasteiger partial charge in [-0.2, -0.15) is 5.10 Å². The van der Waals surface area contributed by atoms with E-state index in [4.69, 9.17) is 4.98 Å². The van der Waals surface area contributed by atoms with Crippen LogP contribution in [0.25, 0.3) is 22.6 Å². The zero-order valence-corrected chi connectivity index (χ0v) is 21.1. The topological polar surface area (TPSA) is 84.7 Å². The lowest BCUT2D eigenvalue weighted by Crippen LogP contribution is -2.38. The number of pyridine rings is 1. The van der Waals surface area contributed by atoms with Crippen LogP contribution in [0, 0.1) is 17.0 Å². The molecule has 1 saturated carbocycles. The number of aromatic nitrogens is 5. The van der Waals surface area contributed by atoms with Crippen LogP contribution in [0.15, 0.2) is 55.0 Å². The second-order valence-electron chi connectivity index (χ2n) is 11.1. The molecule has 0 radical (unpaired) electrons. The molecule has 0 aliphatic heterocycles. The number of hydrogen-bond acceptors (Lipinski definition) is 6. The monoisotopic (exact) mass is 499 g/mol. The van der Waals surface area contributed by atoms with Gasteiger partial charge in [-0.15, -0.1) is 5.10 Å². The summed E-state index contributed by atoms with van der Waals surface area (Å²) in [7, 11) is 0. The van der Waals surface area contributed by atoms with E-state index in [0.717, 1.165) is 35.4 Å². The maximum Gasteiger partial charge on any atom is 0.135 e. The van der Waals surface area contributed by atoms with E-state index >= 15 is 0 Å². The Kier molecular flexibility index (Phi) is 5.08. The molecule has 0 amide bonds. The van der Waals surface area contributed by atoms with Crippen LogP contribution in [0.5, 0.6) is 0 Å². The number of nitrogens with zero attached hydrogens (tertiary/aromatic N) is 5. The van der Waals surface area contributed by atoms with Crippen LogP contribution in [0.2, 0.25) is 0 Å². The van der Waals surface area contributed by atoms with Gasteiger partial charge in [-0.1, -0.05) is 19.9 Å². The molecule has 4 aromatic rings. The molecule has 2 bridgehead atoms. The highest BCUT2D eigenvalue weighted by molar-refractivity contribution is 5.64. The van der Waals surface area contributed by atoms with E-state index in [1.54, 1.807) is 44.6 Å². The highest BCUT2D eigenvalue weighted by Crippen LogP contribution is 2.69. The lowest BCUT2D eigenvalue weighted by Gasteiger charge is -2.37. The molecular weight excluding hydrogens is 472 g/mol. The molecule has 2 aliphatic carbocycles. The fourth-order valence-corrected chi connectivity index (χ4v) is 6.40. The Bertz CT molecular complexity index is 1530. The minimum absolute atomic E-state index is 0.133. The fourth-order valence-electron chi connectivity index (χ4n) is 6.40. The number of hydrogen-bond donors (Lipinski definition) is 1. The number of fused-ring (bicyclic) bond motifs is 5. The van der Waals surface area contributed by atoms with E-state index in [1.807, 2.05) is 6.07 Å². The van der Waals surface area contributed by atoms with Gasteiger partial charge in [0.25, 0.3) is 0 Å². The van der Waals surface area contributed by atoms with Crippen molar-refractivity contribution in [2.24, 2.45) is 5.41 Å². The van der Waals surface area contributed by atoms with Crippen LogP contribution in [-0.2, 0) is 11.0 Å². The highest BCUT2D eigenvalue weighted by atomic mass is 19.1. The summed E-state index contributed by atoms with van der Waals surface area (Å²) in [4.78, 5) is 14.0. The van der Waals surface area contributed by atoms with Gasteiger partial charge >= 0.3 is 0 Å². The van der Waals surface area contributed by atoms with E-state index in [0.29, 0.717) is 11.4 Å². The summed E-state index contributed by atoms with van der Waals surface area (Å²) in [6.45, 7) is 7.84. The van der Waals surface area contributed by atoms with E-state index in [2.05, 4.69) is 34.0 Å². The Balaban J connectivity index is 1.49. The molecule has 3 aromatic heterocycles. The third kappa shape index (κ3) is 3.35. The first-order chi connectivity index (χ1) is 17.5. The predicted octanol–water partition coefficient (Wildman–Crippen LogP) is 5.70. The average molecular weight is 500 g/mol. The Hall–Kier alpha value is -3.65. The Morgan fingerprint density at radius 1 is 0.973 bits per heavy atom. The minimum Gasteiger partial charge on any atom is -0.386 e. The summed E-state index contributed by atoms with van der Waals surface area (Å²) < 4.78 is 29.1. The van der Waals surface area contributed by atoms with Gasteiger partial charge in [0.2, 0.25) is 0 Å². The van der Waals surface area contributed by atoms with Crippen molar-refractivity contribution in [2.75, 3.05) is 0 Å². The molecule has 6 nitrogen and oxygen atoms in total. The fraction of sp³-hybridized carbons (Fsp3) is 0.345. The third-order valence-electron chi connectivity index (χ3n) is 8.40. The van der Waals surface area contributed by atoms with Crippen LogP contribution < -0.4 is 0 Å². The summed E-state index contributed by atoms with van der Waals surface area (Å²) in [5.41, 5.74) is 2.66. The predicted molar refractivity (Wildman–Crippen MR) is 134 cm³/mol. The van der Waals surface area contributed by atoms with Gasteiger partial charge in [-0.3, -0.25) is 9.97 Å². The lowest BCUT2D eigenvalue weighted by atomic mass is 9.66. The smallest absolute Gasteiger partial charge is 0.135 e. The number of aliphatic hydroxyl groups is 1. The molecule has 188 valence electrons. The van der Waals surface area contributed by atoms with Gasteiger partial charge in [0.1, 0.15) is 17.3 Å². The SMILES string of the molecule is CC(C)(O)c1ccnc(-c2cncc([C@@]34CC[C@@H](c5cc(-c6c(F)cccc6F)nnc53)C4(C)C)n2)c1. The molecule has 1 aromatic carbocycles. The molecule has 3 heterocycles. The molecule has 2 aliphatic rings. The second-order valence-corrected chi connectivity index (χ2v) is 11.1. The third-order valence-corrected chi connectivity index (χ3v) is 8.40. The van der Waals surface area contributed by atoms with Crippen molar-refractivity contribution in [2.45, 2.75) is 57.5 Å². The van der Waals surface area contributed by atoms with Gasteiger partial charge < -0.3 is 5.11 Å². The highest BCUT2D eigenvalue weighted by Gasteiger charge is 2.65. The zero-order valence-electron chi connectivity index (χ0n) is 21.1. The van der Waals surface area contributed by atoms with Gasteiger partial charge in [0.05, 0.1) is 45.6 Å². The standard InChI is InChI=1S/C29H27F2N5O/c1-27(2)18-8-10-29(27,26-17(18)13-22(35-36-26)25-19(30)6-5-7-20(25)31)24-15-32-14-23(34-24)21-12-16(9-11-33-21)28(3,4)37/h5-7,9,11-15,18,37H,8,10H2,1-4H3/t18-,29-/m0/s1. The summed E-state index contributed by atoms with van der Waals surface area (Å²) in [5.74, 6) is -1.19. The Morgan fingerprint density at radius 3 is 2.46 bits per heavy atom. The number of rotatable bonds is 4. The molecule has 0 unspecified atom stereocenters. The van der Waals surface area contributed by atoms with E-state index in [-0.39, 0.29) is 22.6 Å². The van der Waals surface area contributed by atoms with Gasteiger partial charge in [0, 0.05) is 12.4 Å². The Morgan fingerprint density at radius 2 is 1.73 bits per heavy atom. The maximum absolute atomic E-state index is 14.5. The molecule has 1 fully saturated rings. The molecular formula is C29H27F2N5O. The van der Waals surface area contributed by atoms with Crippen molar-refractivity contribution in [1.29, 1.82) is 0 Å². The van der Waals surface area contributed by atoms with Gasteiger partial charge in [-0.05, 0) is 79.5 Å². The van der Waals surface area contributed by atoms with Crippen LogP contribution >= 0.6 is 0 Å². The van der Waals surface area contributed by atoms with Crippen LogP contribution in [0.1, 0.15) is 69.0 Å². The molecule has 0 spiro atoms. The van der Waals surface area contributed by atoms with E-state index in [1.165, 1.54) is 18.2 Å². The van der Waals surface area contributed by atoms with Crippen LogP contribution in [0.4, 0.5) is 8.78 Å². The van der Waals surface area contributed by atoms with Crippen molar-refractivity contribution >= 4 is 0 Å². The van der Waals surface area contributed by atoms with E-state index < -0.39 is 22.7 Å². The van der Waals surface area contributed by atoms with Crippen molar-refractivity contribution in [1.82, 2.24) is 25.1 Å². The summed E-state index contributed by atoms with van der Waals surface area (Å²) >= 11 is 0. The molecule has 2 atom stereocenters. The zero-order chi connectivity index (χ0) is 26.2. The van der Waals surface area contributed by atoms with Crippen molar-refractivity contribution in [3.05, 3.63) is 89.1 Å². The Labute approximate surface area is 213 Å². The van der Waals surface area contributed by atoms with Crippen molar-refractivity contribution in [3.63, 3.8) is 0 Å². The molecule has 37 heavy (non-hydrogen) atoms. The molecule has 6 rings (SSSR count). The lowest BCUT2D eigenvalue weighted by molar-refractivity contribution is 0.0785. The van der Waals surface area contributed by atoms with Crippen molar-refractivity contribution in [3.8, 4) is 22.6 Å². The van der Waals surface area contributed by atoms with Gasteiger partial charge in [-0.25, -0.2) is 13.8 Å². The minimum atomic E-state index is -1.02. The molecule has 0 saturated heterocycles. The number of halogens is 2. The largest absolute Gasteiger partial charge is 0.386 e. The first-order valence-electron chi connectivity index (χ1n) is 12.4. The van der Waals surface area contributed by atoms with Crippen molar-refractivity contribution < 1.29 is 13.9 Å². The van der Waals surface area contributed by atoms with Crippen LogP contribution in [0.3, 0.4) is 0 Å². The first kappa shape index (κ1) is 23.7.